The largest absolute Gasteiger partial charge is 0.488 e. The van der Waals surface area contributed by atoms with E-state index in [2.05, 4.69) is 310 Å². The van der Waals surface area contributed by atoms with Crippen LogP contribution in [-0.2, 0) is 0 Å². The normalized spacial score (nSPS) is 18.8. The topological polar surface area (TPSA) is 18.5 Å². The summed E-state index contributed by atoms with van der Waals surface area (Å²) >= 11 is 6.09. The summed E-state index contributed by atoms with van der Waals surface area (Å²) in [5.74, 6) is 3.37. The molecule has 0 aliphatic carbocycles. The minimum Gasteiger partial charge on any atom is -0.488 e. The summed E-state index contributed by atoms with van der Waals surface area (Å²) in [6.07, 6.45) is 5.04. The van der Waals surface area contributed by atoms with Gasteiger partial charge in [-0.1, -0.05) is 364 Å². The molecule has 0 aromatic heterocycles. The van der Waals surface area contributed by atoms with E-state index >= 15 is 0 Å². The molecule has 2 nitrogen and oxygen atoms in total. The fourth-order valence-corrected chi connectivity index (χ4v) is 18.3. The fraction of sp³-hybridized carbons (Fsp3) is 0.696. The Morgan fingerprint density at radius 2 is 0.804 bits per heavy atom. The number of allylic oxidation sites excluding steroid dienone is 2. The molecule has 4 aromatic carbocycles. The van der Waals surface area contributed by atoms with Crippen LogP contribution in [0.25, 0.3) is 11.1 Å². The number of para-hydroxylation sites is 2. The molecule has 8 rings (SSSR count). The molecule has 0 saturated heterocycles. The van der Waals surface area contributed by atoms with Gasteiger partial charge in [0.2, 0.25) is 0 Å². The van der Waals surface area contributed by atoms with Gasteiger partial charge in [-0.25, -0.2) is 0 Å². The highest BCUT2D eigenvalue weighted by Gasteiger charge is 2.53. The Morgan fingerprint density at radius 1 is 0.402 bits per heavy atom. The van der Waals surface area contributed by atoms with Gasteiger partial charge in [-0.05, 0) is 148 Å². The number of fused-ring (bicyclic) bond motifs is 4. The molecule has 562 valence electrons. The predicted molar refractivity (Wildman–Crippen MR) is 455 cm³/mol. The molecule has 0 amide bonds. The molecular weight excluding hydrogens is 1230 g/mol. The molecule has 0 N–H and O–H groups in total. The summed E-state index contributed by atoms with van der Waals surface area (Å²) in [6.45, 7) is 100. The zero-order valence-corrected chi connectivity index (χ0v) is 75.4. The zero-order valence-electron chi connectivity index (χ0n) is 73.0. The lowest BCUT2D eigenvalue weighted by atomic mass is 9.57. The van der Waals surface area contributed by atoms with E-state index in [1.807, 2.05) is 134 Å². The van der Waals surface area contributed by atoms with Gasteiger partial charge >= 0.3 is 0 Å². The molecule has 4 aromatic rings. The summed E-state index contributed by atoms with van der Waals surface area (Å²) in [6, 6.07) is 34.9. The van der Waals surface area contributed by atoms with E-state index in [0.29, 0.717) is 27.9 Å². The lowest BCUT2D eigenvalue weighted by molar-refractivity contribution is 0.0364. The molecule has 97 heavy (non-hydrogen) atoms. The van der Waals surface area contributed by atoms with Crippen LogP contribution in [-0.4, -0.2) is 27.0 Å². The molecule has 4 aliphatic heterocycles. The molecule has 0 bridgehead atoms. The van der Waals surface area contributed by atoms with Crippen molar-refractivity contribution < 1.29 is 9.47 Å². The van der Waals surface area contributed by atoms with Crippen LogP contribution in [0, 0.1) is 49.2 Å². The Bertz CT molecular complexity index is 2820. The van der Waals surface area contributed by atoms with Gasteiger partial charge < -0.3 is 9.47 Å². The van der Waals surface area contributed by atoms with Gasteiger partial charge in [-0.15, -0.1) is 35.3 Å². The summed E-state index contributed by atoms with van der Waals surface area (Å²) < 4.78 is 13.3. The lowest BCUT2D eigenvalue weighted by Crippen LogP contribution is -2.49. The number of thioether (sulfide) groups is 3. The van der Waals surface area contributed by atoms with Crippen LogP contribution in [0.4, 0.5) is 0 Å². The van der Waals surface area contributed by atoms with Crippen molar-refractivity contribution in [1.29, 1.82) is 0 Å². The fourth-order valence-electron chi connectivity index (χ4n) is 13.6. The van der Waals surface area contributed by atoms with E-state index in [9.17, 15) is 0 Å². The molecular formula is C92H164O2S3. The van der Waals surface area contributed by atoms with Crippen LogP contribution >= 0.6 is 35.3 Å². The molecule has 0 saturated carbocycles. The average Bonchev–Trinajstić information content (AvgIpc) is 0.749. The van der Waals surface area contributed by atoms with Gasteiger partial charge in [0.05, 0.1) is 5.25 Å². The standard InChI is InChI=1S/C20H32S.C20H30S.C19H28O.C17H26OS.8C2H6/c2*1-9-19(5,6)16-14-12-10-11-13-15(14)21-20(7,8)17(16)18(2,3)4;1-8-19(6,7)17-16(18(3,4)5)13(2)14-11-9-10-12-15(14)20-17;1-7-17(5,6)14-15(16(2,3)4)19-13-11-9-8-10-12(13)18-14;8*1-2/h10-13,16-17H,9H2,1-8H3;10-13H,9H2,1-8H3;9-12,17H,8H2,1-7H3;8-11,14-15H,7H2,1-6H3;8*1-2H3. The first-order chi connectivity index (χ1) is 44.9. The van der Waals surface area contributed by atoms with Crippen LogP contribution in [0.15, 0.2) is 123 Å². The molecule has 0 fully saturated rings. The predicted octanol–water partition coefficient (Wildman–Crippen LogP) is 32.9. The second-order valence-electron chi connectivity index (χ2n) is 32.1. The maximum absolute atomic E-state index is 6.44. The van der Waals surface area contributed by atoms with Gasteiger partial charge in [0.1, 0.15) is 23.7 Å². The highest BCUT2D eigenvalue weighted by molar-refractivity contribution is 8.01. The number of hydrogen-bond acceptors (Lipinski definition) is 5. The summed E-state index contributed by atoms with van der Waals surface area (Å²) in [4.78, 5) is 4.21. The Labute approximate surface area is 622 Å². The average molecular weight is 1400 g/mol. The van der Waals surface area contributed by atoms with E-state index in [1.54, 1.807) is 16.7 Å². The minimum absolute atomic E-state index is 0.120. The van der Waals surface area contributed by atoms with Gasteiger partial charge in [0.25, 0.3) is 0 Å². The number of ether oxygens (including phenoxy) is 2. The van der Waals surface area contributed by atoms with Gasteiger partial charge in [-0.3, -0.25) is 0 Å². The first-order valence-corrected chi connectivity index (χ1v) is 41.7. The second kappa shape index (κ2) is 44.5. The Hall–Kier alpha value is -2.99. The zero-order chi connectivity index (χ0) is 77.5. The molecule has 4 aliphatic rings. The van der Waals surface area contributed by atoms with Gasteiger partial charge in [0.15, 0.2) is 0 Å². The second-order valence-corrected chi connectivity index (χ2v) is 36.7. The molecule has 4 heterocycles. The SMILES string of the molecule is CC.CC.CC.CC.CC.CC.CC.CC.CCC(C)(C)C1=C(C(C)(C)C)C(C)(C)Sc2ccccc21.CCC(C)(C)C1Oc2ccccc2C(C)=C1C(C)(C)C.CCC(C)(C)C1Oc2ccccc2SC1C(C)(C)C.CCC(C)(C)C1c2ccccc2SC(C)(C)C1C(C)(C)C. The quantitative estimate of drug-likeness (QED) is 0.174. The minimum atomic E-state index is 0.120. The summed E-state index contributed by atoms with van der Waals surface area (Å²) in [5.41, 5.74) is 12.0. The summed E-state index contributed by atoms with van der Waals surface area (Å²) in [5, 5.41) is 0.484. The first-order valence-electron chi connectivity index (χ1n) is 39.2. The molecule has 0 spiro atoms. The van der Waals surface area contributed by atoms with Crippen molar-refractivity contribution >= 4 is 46.4 Å². The molecule has 0 radical (unpaired) electrons. The third-order valence-corrected chi connectivity index (χ3v) is 23.3. The Kier molecular flexibility index (Phi) is 46.1. The lowest BCUT2D eigenvalue weighted by Gasteiger charge is -2.55. The van der Waals surface area contributed by atoms with Crippen molar-refractivity contribution in [1.82, 2.24) is 0 Å². The monoisotopic (exact) mass is 1400 g/mol. The third-order valence-electron chi connectivity index (χ3n) is 18.9. The van der Waals surface area contributed by atoms with Crippen LogP contribution < -0.4 is 9.47 Å². The van der Waals surface area contributed by atoms with Gasteiger partial charge in [-0.2, -0.15) is 0 Å². The van der Waals surface area contributed by atoms with E-state index in [1.165, 1.54) is 43.4 Å². The number of hydrogen-bond donors (Lipinski definition) is 0. The van der Waals surface area contributed by atoms with Crippen molar-refractivity contribution in [3.8, 4) is 11.5 Å². The van der Waals surface area contributed by atoms with Crippen molar-refractivity contribution in [2.75, 3.05) is 0 Å². The number of rotatable bonds is 8. The van der Waals surface area contributed by atoms with Crippen LogP contribution in [0.1, 0.15) is 360 Å². The van der Waals surface area contributed by atoms with E-state index < -0.39 is 0 Å². The van der Waals surface area contributed by atoms with Crippen LogP contribution in [0.5, 0.6) is 11.5 Å². The van der Waals surface area contributed by atoms with Crippen molar-refractivity contribution in [2.24, 2.45) is 49.2 Å². The maximum Gasteiger partial charge on any atom is 0.133 e. The highest BCUT2D eigenvalue weighted by atomic mass is 32.2. The Balaban J connectivity index is -0.000000554. The van der Waals surface area contributed by atoms with Gasteiger partial charge in [0, 0.05) is 40.6 Å². The van der Waals surface area contributed by atoms with Crippen molar-refractivity contribution in [2.45, 2.75) is 385 Å². The highest BCUT2D eigenvalue weighted by Crippen LogP contribution is 2.63. The van der Waals surface area contributed by atoms with Crippen molar-refractivity contribution in [3.63, 3.8) is 0 Å². The molecule has 5 atom stereocenters. The smallest absolute Gasteiger partial charge is 0.133 e. The maximum atomic E-state index is 6.44. The Morgan fingerprint density at radius 3 is 1.22 bits per heavy atom. The first kappa shape index (κ1) is 100. The van der Waals surface area contributed by atoms with Crippen molar-refractivity contribution in [3.05, 3.63) is 125 Å². The van der Waals surface area contributed by atoms with E-state index in [4.69, 9.17) is 9.47 Å². The number of benzene rings is 4. The molecule has 5 heteroatoms. The molecule has 5 unspecified atom stereocenters. The third kappa shape index (κ3) is 27.6. The summed E-state index contributed by atoms with van der Waals surface area (Å²) in [7, 11) is 0. The van der Waals surface area contributed by atoms with E-state index in [0.717, 1.165) is 30.8 Å². The van der Waals surface area contributed by atoms with E-state index in [-0.39, 0.29) is 54.2 Å². The van der Waals surface area contributed by atoms with Crippen LogP contribution in [0.3, 0.4) is 0 Å². The van der Waals surface area contributed by atoms with Crippen LogP contribution in [0.2, 0.25) is 0 Å².